The van der Waals surface area contributed by atoms with Gasteiger partial charge in [0.15, 0.2) is 0 Å². The van der Waals surface area contributed by atoms with Gasteiger partial charge in [0.05, 0.1) is 0 Å². The van der Waals surface area contributed by atoms with E-state index < -0.39 is 0 Å². The zero-order chi connectivity index (χ0) is 47.0. The van der Waals surface area contributed by atoms with Crippen molar-refractivity contribution in [3.05, 3.63) is 125 Å². The summed E-state index contributed by atoms with van der Waals surface area (Å²) in [6.07, 6.45) is 0. The third-order valence-electron chi connectivity index (χ3n) is 15.8. The molecule has 0 amide bonds. The molecule has 0 radical (unpaired) electrons. The molecule has 2 nitrogen and oxygen atoms in total. The number of hydrogen-bond acceptors (Lipinski definition) is 0. The van der Waals surface area contributed by atoms with E-state index in [4.69, 9.17) is 0 Å². The molecule has 0 saturated heterocycles. The van der Waals surface area contributed by atoms with Crippen LogP contribution in [0.15, 0.2) is 97.1 Å². The topological polar surface area (TPSA) is 8.82 Å². The van der Waals surface area contributed by atoms with Crippen LogP contribution in [-0.4, -0.2) is 45.4 Å². The molecule has 0 saturated carbocycles. The fraction of sp³-hybridized carbons (Fsp3) is 0.323. The Bertz CT molecular complexity index is 3740. The molecule has 4 aromatic heterocycles. The summed E-state index contributed by atoms with van der Waals surface area (Å²) in [6.45, 7) is 35.8. The monoisotopic (exact) mass is 1000 g/mol. The Morgan fingerprint density at radius 3 is 0.985 bits per heavy atom. The molecule has 0 unspecified atom stereocenters. The van der Waals surface area contributed by atoms with Crippen molar-refractivity contribution in [2.45, 2.75) is 131 Å². The molecule has 0 bridgehead atoms. The average Bonchev–Trinajstić information content (AvgIpc) is 3.96. The zero-order valence-electron chi connectivity index (χ0n) is 42.0. The molecule has 0 fully saturated rings. The van der Waals surface area contributed by atoms with Crippen LogP contribution in [0.1, 0.15) is 132 Å². The van der Waals surface area contributed by atoms with Gasteiger partial charge in [0.2, 0.25) is 0 Å². The molecule has 6 heterocycles. The second-order valence-corrected chi connectivity index (χ2v) is 29.9. The maximum absolute atomic E-state index is 2.71. The predicted octanol–water partition coefficient (Wildman–Crippen LogP) is 10.9. The first-order chi connectivity index (χ1) is 31.4. The number of aromatic nitrogens is 2. The number of benzene rings is 7. The summed E-state index contributed by atoms with van der Waals surface area (Å²) >= 11 is 0.219. The van der Waals surface area contributed by atoms with Gasteiger partial charge in [0.1, 0.15) is 0 Å². The predicted molar refractivity (Wildman–Crippen MR) is 297 cm³/mol. The van der Waals surface area contributed by atoms with Crippen molar-refractivity contribution in [3.63, 3.8) is 0 Å². The summed E-state index contributed by atoms with van der Waals surface area (Å²) in [7, 11) is 0. The standard InChI is InChI=1S/C62H61BN2Se2/c1-58(2,3)32-16-20-45-37(24-32)39-30-43-56(51-41-26-34(60(7,8)9)18-22-47(41)64(45)54(39)51)66-49-28-36(62(13,14)15)29-50-53(49)63(43)44-31-40-38-25-33(59(4,5)6)17-21-46(38)65-48-23-19-35(61(10,11)12)27-42(48)52(55(40)65)57(44)67-50/h16-31H,1-15H3. The second-order valence-electron chi connectivity index (χ2n) is 25.5. The van der Waals surface area contributed by atoms with Crippen LogP contribution in [-0.2, 0) is 27.1 Å². The van der Waals surface area contributed by atoms with Crippen LogP contribution in [0.2, 0.25) is 0 Å². The third-order valence-corrected chi connectivity index (χ3v) is 20.9. The summed E-state index contributed by atoms with van der Waals surface area (Å²) in [6, 6.07) is 40.3. The Labute approximate surface area is 409 Å². The van der Waals surface area contributed by atoms with Gasteiger partial charge in [-0.05, 0) is 0 Å². The average molecular weight is 1000 g/mol. The Balaban J connectivity index is 1.24. The van der Waals surface area contributed by atoms with Crippen LogP contribution in [0.4, 0.5) is 0 Å². The van der Waals surface area contributed by atoms with Crippen molar-refractivity contribution in [3.8, 4) is 0 Å². The minimum absolute atomic E-state index is 0.0335. The van der Waals surface area contributed by atoms with Crippen LogP contribution in [0.25, 0.3) is 76.2 Å². The van der Waals surface area contributed by atoms with Crippen LogP contribution in [0, 0.1) is 0 Å². The molecule has 0 N–H and O–H groups in total. The quantitative estimate of drug-likeness (QED) is 0.134. The van der Waals surface area contributed by atoms with E-state index in [1.165, 1.54) is 115 Å². The van der Waals surface area contributed by atoms with Crippen molar-refractivity contribution in [1.29, 1.82) is 0 Å². The van der Waals surface area contributed by atoms with Gasteiger partial charge in [-0.15, -0.1) is 0 Å². The molecule has 334 valence electrons. The molecule has 2 aliphatic rings. The van der Waals surface area contributed by atoms with Crippen molar-refractivity contribution in [1.82, 2.24) is 8.80 Å². The van der Waals surface area contributed by atoms with Crippen LogP contribution in [0.5, 0.6) is 0 Å². The first-order valence-electron chi connectivity index (χ1n) is 24.5. The molecule has 0 aliphatic carbocycles. The van der Waals surface area contributed by atoms with Crippen molar-refractivity contribution in [2.75, 3.05) is 0 Å². The van der Waals surface area contributed by atoms with Gasteiger partial charge in [-0.25, -0.2) is 0 Å². The van der Waals surface area contributed by atoms with E-state index in [1.54, 1.807) is 23.3 Å². The van der Waals surface area contributed by atoms with E-state index in [-0.39, 0.29) is 63.7 Å². The van der Waals surface area contributed by atoms with Gasteiger partial charge >= 0.3 is 412 Å². The number of fused-ring (bicyclic) bond motifs is 18. The first-order valence-corrected chi connectivity index (χ1v) is 28.0. The fourth-order valence-electron chi connectivity index (χ4n) is 11.9. The molecule has 67 heavy (non-hydrogen) atoms. The van der Waals surface area contributed by atoms with E-state index >= 15 is 0 Å². The molecule has 7 aromatic carbocycles. The van der Waals surface area contributed by atoms with Gasteiger partial charge in [-0.2, -0.15) is 0 Å². The van der Waals surface area contributed by atoms with Crippen molar-refractivity contribution in [2.24, 2.45) is 0 Å². The molecular formula is C62H61BN2Se2. The van der Waals surface area contributed by atoms with Gasteiger partial charge in [-0.3, -0.25) is 0 Å². The van der Waals surface area contributed by atoms with E-state index in [2.05, 4.69) is 210 Å². The van der Waals surface area contributed by atoms with Gasteiger partial charge < -0.3 is 0 Å². The Kier molecular flexibility index (Phi) is 8.28. The first kappa shape index (κ1) is 42.4. The van der Waals surface area contributed by atoms with Crippen molar-refractivity contribution >= 4 is 147 Å². The van der Waals surface area contributed by atoms with Crippen LogP contribution < -0.4 is 34.2 Å². The summed E-state index contributed by atoms with van der Waals surface area (Å²) in [5.41, 5.74) is 20.1. The third kappa shape index (κ3) is 5.76. The number of hydrogen-bond donors (Lipinski definition) is 0. The second kappa shape index (κ2) is 13.1. The normalized spacial score (nSPS) is 14.9. The molecule has 13 rings (SSSR count). The number of rotatable bonds is 0. The maximum atomic E-state index is 2.71. The zero-order valence-corrected chi connectivity index (χ0v) is 45.5. The summed E-state index contributed by atoms with van der Waals surface area (Å²) in [5.74, 6) is 0. The SMILES string of the molecule is CC(C)(C)c1cc2c3c(c1)[Se]c1c(cc4c5cc(C(C)(C)C)ccc5n5c6ccc(C(C)(C)C)cc6c1c45)B3c1cc3c4cc(C(C)(C)C)ccc4n4c5ccc(C(C)(C)C)cc5c(c1[Se]2)c34. The van der Waals surface area contributed by atoms with Crippen LogP contribution in [0.3, 0.4) is 0 Å². The van der Waals surface area contributed by atoms with E-state index in [9.17, 15) is 0 Å². The van der Waals surface area contributed by atoms with Crippen molar-refractivity contribution < 1.29 is 0 Å². The van der Waals surface area contributed by atoms with E-state index in [0.29, 0.717) is 0 Å². The molecule has 2 aliphatic heterocycles. The van der Waals surface area contributed by atoms with Crippen LogP contribution >= 0.6 is 0 Å². The Morgan fingerprint density at radius 2 is 0.657 bits per heavy atom. The summed E-state index contributed by atoms with van der Waals surface area (Å²) in [5, 5.41) is 11.4. The fourth-order valence-corrected chi connectivity index (χ4v) is 17.9. The molecule has 5 heteroatoms. The molecule has 11 aromatic rings. The van der Waals surface area contributed by atoms with Gasteiger partial charge in [0, 0.05) is 0 Å². The van der Waals surface area contributed by atoms with E-state index in [1.807, 2.05) is 0 Å². The minimum atomic E-state index is 0.0335. The summed E-state index contributed by atoms with van der Waals surface area (Å²) in [4.78, 5) is 0. The molecule has 0 atom stereocenters. The molecule has 0 spiro atoms. The molecular weight excluding hydrogens is 941 g/mol. The Hall–Kier alpha value is -4.76. The van der Waals surface area contributed by atoms with Gasteiger partial charge in [-0.1, -0.05) is 0 Å². The van der Waals surface area contributed by atoms with E-state index in [0.717, 1.165) is 0 Å². The van der Waals surface area contributed by atoms with Gasteiger partial charge in [0.25, 0.3) is 0 Å². The number of nitrogens with zero attached hydrogens (tertiary/aromatic N) is 2. The Morgan fingerprint density at radius 1 is 0.343 bits per heavy atom. The summed E-state index contributed by atoms with van der Waals surface area (Å²) < 4.78 is 11.7.